The lowest BCUT2D eigenvalue weighted by Gasteiger charge is -2.07. The Hall–Kier alpha value is -2.22. The van der Waals surface area contributed by atoms with Crippen molar-refractivity contribution in [1.82, 2.24) is 14.9 Å². The van der Waals surface area contributed by atoms with E-state index in [2.05, 4.69) is 22.4 Å². The molecular weight excluding hydrogens is 429 g/mol. The Morgan fingerprint density at radius 2 is 1.93 bits per heavy atom. The van der Waals surface area contributed by atoms with Gasteiger partial charge in [0, 0.05) is 16.3 Å². The van der Waals surface area contributed by atoms with Gasteiger partial charge in [-0.05, 0) is 48.7 Å². The van der Waals surface area contributed by atoms with E-state index in [4.69, 9.17) is 29.0 Å². The summed E-state index contributed by atoms with van der Waals surface area (Å²) >= 11 is 13.3. The molecule has 6 nitrogen and oxygen atoms in total. The van der Waals surface area contributed by atoms with E-state index in [-0.39, 0.29) is 11.7 Å². The van der Waals surface area contributed by atoms with Crippen molar-refractivity contribution in [3.8, 4) is 11.4 Å². The number of unbranched alkanes of at least 4 members (excludes halogenated alkanes) is 1. The zero-order valence-corrected chi connectivity index (χ0v) is 18.2. The molecule has 1 heterocycles. The molecule has 0 aliphatic heterocycles. The number of nitrogens with zero attached hydrogens (tertiary/aromatic N) is 3. The van der Waals surface area contributed by atoms with Gasteiger partial charge in [-0.15, -0.1) is 10.2 Å². The molecule has 0 bridgehead atoms. The van der Waals surface area contributed by atoms with Crippen LogP contribution < -0.4 is 11.2 Å². The standard InChI is InChI=1S/C20H21Cl2N5OS/c1-2-3-4-13-5-8-15(9-6-13)24-18(28)12-29-20-26-25-19(27(20)23)16-10-7-14(21)11-17(16)22/h5-11H,2-4,12,23H2,1H3,(H,24,28). The van der Waals surface area contributed by atoms with Gasteiger partial charge < -0.3 is 11.2 Å². The molecular formula is C20H21Cl2N5OS. The molecule has 0 atom stereocenters. The molecule has 152 valence electrons. The van der Waals surface area contributed by atoms with Crippen molar-refractivity contribution in [3.63, 3.8) is 0 Å². The summed E-state index contributed by atoms with van der Waals surface area (Å²) < 4.78 is 1.32. The molecule has 0 fully saturated rings. The SMILES string of the molecule is CCCCc1ccc(NC(=O)CSc2nnc(-c3ccc(Cl)cc3Cl)n2N)cc1. The minimum atomic E-state index is -0.148. The van der Waals surface area contributed by atoms with Crippen molar-refractivity contribution >= 4 is 46.6 Å². The maximum Gasteiger partial charge on any atom is 0.234 e. The molecule has 0 unspecified atom stereocenters. The number of nitrogens with two attached hydrogens (primary N) is 1. The maximum absolute atomic E-state index is 12.3. The van der Waals surface area contributed by atoms with Crippen molar-refractivity contribution < 1.29 is 4.79 Å². The van der Waals surface area contributed by atoms with Gasteiger partial charge in [0.25, 0.3) is 0 Å². The number of amides is 1. The number of thioether (sulfide) groups is 1. The number of hydrogen-bond donors (Lipinski definition) is 2. The van der Waals surface area contributed by atoms with Gasteiger partial charge in [0.05, 0.1) is 10.8 Å². The van der Waals surface area contributed by atoms with E-state index in [1.54, 1.807) is 18.2 Å². The first-order valence-electron chi connectivity index (χ1n) is 9.15. The number of aryl methyl sites for hydroxylation is 1. The first-order valence-corrected chi connectivity index (χ1v) is 10.9. The van der Waals surface area contributed by atoms with Gasteiger partial charge in [-0.25, -0.2) is 4.68 Å². The summed E-state index contributed by atoms with van der Waals surface area (Å²) in [6, 6.07) is 12.9. The van der Waals surface area contributed by atoms with Crippen LogP contribution in [0.5, 0.6) is 0 Å². The number of rotatable bonds is 8. The van der Waals surface area contributed by atoms with Gasteiger partial charge in [-0.3, -0.25) is 4.79 Å². The molecule has 0 aliphatic carbocycles. The van der Waals surface area contributed by atoms with Crippen LogP contribution >= 0.6 is 35.0 Å². The number of hydrogen-bond acceptors (Lipinski definition) is 5. The van der Waals surface area contributed by atoms with Crippen molar-refractivity contribution in [1.29, 1.82) is 0 Å². The summed E-state index contributed by atoms with van der Waals surface area (Å²) in [6.07, 6.45) is 3.37. The molecule has 2 aromatic carbocycles. The summed E-state index contributed by atoms with van der Waals surface area (Å²) in [5.41, 5.74) is 2.65. The van der Waals surface area contributed by atoms with Crippen LogP contribution in [0.25, 0.3) is 11.4 Å². The second-order valence-corrected chi connectivity index (χ2v) is 8.22. The third-order valence-electron chi connectivity index (χ3n) is 4.23. The van der Waals surface area contributed by atoms with Crippen LogP contribution in [0.15, 0.2) is 47.6 Å². The van der Waals surface area contributed by atoms with Crippen LogP contribution in [0, 0.1) is 0 Å². The van der Waals surface area contributed by atoms with Crippen LogP contribution in [0.4, 0.5) is 5.69 Å². The quantitative estimate of drug-likeness (QED) is 0.371. The molecule has 3 rings (SSSR count). The van der Waals surface area contributed by atoms with Crippen LogP contribution in [-0.4, -0.2) is 26.5 Å². The van der Waals surface area contributed by atoms with E-state index in [9.17, 15) is 4.79 Å². The molecule has 1 amide bonds. The molecule has 0 spiro atoms. The number of carbonyl (C=O) groups excluding carboxylic acids is 1. The summed E-state index contributed by atoms with van der Waals surface area (Å²) in [5, 5.41) is 12.4. The molecule has 3 aromatic rings. The fourth-order valence-corrected chi connectivity index (χ4v) is 3.84. The molecule has 0 aliphatic rings. The first kappa shape index (κ1) is 21.5. The van der Waals surface area contributed by atoms with Gasteiger partial charge in [0.1, 0.15) is 0 Å². The highest BCUT2D eigenvalue weighted by Crippen LogP contribution is 2.30. The summed E-state index contributed by atoms with van der Waals surface area (Å²) in [7, 11) is 0. The second kappa shape index (κ2) is 10.0. The largest absolute Gasteiger partial charge is 0.335 e. The van der Waals surface area contributed by atoms with Crippen molar-refractivity contribution in [2.75, 3.05) is 16.9 Å². The van der Waals surface area contributed by atoms with Gasteiger partial charge >= 0.3 is 0 Å². The Labute approximate surface area is 183 Å². The number of aromatic nitrogens is 3. The number of anilines is 1. The Kier molecular flexibility index (Phi) is 7.41. The molecule has 1 aromatic heterocycles. The highest BCUT2D eigenvalue weighted by atomic mass is 35.5. The van der Waals surface area contributed by atoms with E-state index in [1.165, 1.54) is 22.0 Å². The third kappa shape index (κ3) is 5.65. The fourth-order valence-electron chi connectivity index (χ4n) is 2.69. The number of nitrogen functional groups attached to an aromatic ring is 1. The third-order valence-corrected chi connectivity index (χ3v) is 5.72. The minimum absolute atomic E-state index is 0.148. The van der Waals surface area contributed by atoms with E-state index in [0.29, 0.717) is 26.6 Å². The lowest BCUT2D eigenvalue weighted by Crippen LogP contribution is -2.16. The smallest absolute Gasteiger partial charge is 0.234 e. The topological polar surface area (TPSA) is 85.8 Å². The first-order chi connectivity index (χ1) is 14.0. The minimum Gasteiger partial charge on any atom is -0.335 e. The lowest BCUT2D eigenvalue weighted by molar-refractivity contribution is -0.113. The van der Waals surface area contributed by atoms with Gasteiger partial charge in [-0.1, -0.05) is 60.4 Å². The summed E-state index contributed by atoms with van der Waals surface area (Å²) in [6.45, 7) is 2.17. The molecule has 3 N–H and O–H groups in total. The highest BCUT2D eigenvalue weighted by Gasteiger charge is 2.16. The normalized spacial score (nSPS) is 10.9. The molecule has 0 saturated carbocycles. The predicted molar refractivity (Wildman–Crippen MR) is 120 cm³/mol. The number of carbonyl (C=O) groups is 1. The highest BCUT2D eigenvalue weighted by molar-refractivity contribution is 7.99. The summed E-state index contributed by atoms with van der Waals surface area (Å²) in [5.74, 6) is 6.49. The van der Waals surface area contributed by atoms with E-state index >= 15 is 0 Å². The fraction of sp³-hybridized carbons (Fsp3) is 0.250. The van der Waals surface area contributed by atoms with Crippen molar-refractivity contribution in [2.24, 2.45) is 0 Å². The molecule has 9 heteroatoms. The van der Waals surface area contributed by atoms with Crippen LogP contribution in [0.3, 0.4) is 0 Å². The Morgan fingerprint density at radius 3 is 2.62 bits per heavy atom. The average molecular weight is 450 g/mol. The van der Waals surface area contributed by atoms with E-state index in [0.717, 1.165) is 24.9 Å². The Balaban J connectivity index is 1.59. The van der Waals surface area contributed by atoms with E-state index in [1.807, 2.05) is 24.3 Å². The van der Waals surface area contributed by atoms with Gasteiger partial charge in [0.2, 0.25) is 11.1 Å². The summed E-state index contributed by atoms with van der Waals surface area (Å²) in [4.78, 5) is 12.3. The molecule has 0 saturated heterocycles. The van der Waals surface area contributed by atoms with Gasteiger partial charge in [-0.2, -0.15) is 0 Å². The van der Waals surface area contributed by atoms with Crippen LogP contribution in [0.2, 0.25) is 10.0 Å². The maximum atomic E-state index is 12.3. The lowest BCUT2D eigenvalue weighted by atomic mass is 10.1. The predicted octanol–water partition coefficient (Wildman–Crippen LogP) is 5.04. The van der Waals surface area contributed by atoms with Crippen LogP contribution in [0.1, 0.15) is 25.3 Å². The Morgan fingerprint density at radius 1 is 1.17 bits per heavy atom. The monoisotopic (exact) mass is 449 g/mol. The average Bonchev–Trinajstić information content (AvgIpc) is 3.06. The molecule has 29 heavy (non-hydrogen) atoms. The van der Waals surface area contributed by atoms with Gasteiger partial charge in [0.15, 0.2) is 5.82 Å². The zero-order valence-electron chi connectivity index (χ0n) is 15.9. The number of benzene rings is 2. The number of halogens is 2. The second-order valence-electron chi connectivity index (χ2n) is 6.44. The Bertz CT molecular complexity index is 991. The molecule has 0 radical (unpaired) electrons. The zero-order chi connectivity index (χ0) is 20.8. The van der Waals surface area contributed by atoms with Crippen molar-refractivity contribution in [3.05, 3.63) is 58.1 Å². The number of nitrogens with one attached hydrogen (secondary N) is 1. The van der Waals surface area contributed by atoms with Crippen LogP contribution in [-0.2, 0) is 11.2 Å². The van der Waals surface area contributed by atoms with E-state index < -0.39 is 0 Å². The van der Waals surface area contributed by atoms with Crippen molar-refractivity contribution in [2.45, 2.75) is 31.3 Å².